The highest BCUT2D eigenvalue weighted by molar-refractivity contribution is 7.90. The van der Waals surface area contributed by atoms with E-state index in [9.17, 15) is 13.2 Å². The molecule has 0 saturated carbocycles. The molecular formula is C25H26ClN5O4S2. The normalized spacial score (nSPS) is 16.8. The van der Waals surface area contributed by atoms with E-state index < -0.39 is 21.7 Å². The Morgan fingerprint density at radius 3 is 2.57 bits per heavy atom. The number of carbonyl (C=O) groups excluding carboxylic acids is 1. The zero-order valence-corrected chi connectivity index (χ0v) is 22.5. The molecule has 37 heavy (non-hydrogen) atoms. The molecule has 0 spiro atoms. The maximum Gasteiger partial charge on any atom is 0.280 e. The van der Waals surface area contributed by atoms with E-state index in [1.165, 1.54) is 17.0 Å². The fraction of sp³-hybridized carbons (Fsp3) is 0.280. The molecule has 3 heterocycles. The minimum Gasteiger partial charge on any atom is -0.454 e. The Kier molecular flexibility index (Phi) is 6.88. The third-order valence-electron chi connectivity index (χ3n) is 6.41. The highest BCUT2D eigenvalue weighted by Gasteiger charge is 2.32. The number of nitrogens with two attached hydrogens (primary N) is 2. The van der Waals surface area contributed by atoms with Crippen LogP contribution >= 0.6 is 22.9 Å². The van der Waals surface area contributed by atoms with Gasteiger partial charge in [-0.25, -0.2) is 8.42 Å². The number of amides is 1. The van der Waals surface area contributed by atoms with Gasteiger partial charge in [-0.05, 0) is 48.2 Å². The Labute approximate surface area is 224 Å². The van der Waals surface area contributed by atoms with Gasteiger partial charge in [0.15, 0.2) is 15.8 Å². The lowest BCUT2D eigenvalue weighted by atomic mass is 10.1. The smallest absolute Gasteiger partial charge is 0.280 e. The molecule has 0 aliphatic carbocycles. The number of rotatable bonds is 4. The van der Waals surface area contributed by atoms with Crippen molar-refractivity contribution in [2.45, 2.75) is 24.1 Å². The first-order valence-corrected chi connectivity index (χ1v) is 14.5. The van der Waals surface area contributed by atoms with Gasteiger partial charge in [-0.1, -0.05) is 17.7 Å². The highest BCUT2D eigenvalue weighted by atomic mass is 35.5. The van der Waals surface area contributed by atoms with E-state index in [0.717, 1.165) is 38.4 Å². The lowest BCUT2D eigenvalue weighted by Gasteiger charge is -2.36. The Hall–Kier alpha value is -3.12. The van der Waals surface area contributed by atoms with Gasteiger partial charge in [-0.2, -0.15) is 4.99 Å². The summed E-state index contributed by atoms with van der Waals surface area (Å²) in [5, 5.41) is 2.42. The van der Waals surface area contributed by atoms with Crippen molar-refractivity contribution in [3.05, 3.63) is 68.4 Å². The second kappa shape index (κ2) is 9.97. The quantitative estimate of drug-likeness (QED) is 0.366. The summed E-state index contributed by atoms with van der Waals surface area (Å²) in [6.45, 7) is 5.95. The lowest BCUT2D eigenvalue weighted by molar-refractivity contribution is 0.100. The summed E-state index contributed by atoms with van der Waals surface area (Å²) in [5.74, 6) is -1.02. The molecule has 1 fully saturated rings. The van der Waals surface area contributed by atoms with E-state index in [1.54, 1.807) is 18.3 Å². The van der Waals surface area contributed by atoms with Crippen molar-refractivity contribution < 1.29 is 17.9 Å². The third kappa shape index (κ3) is 5.30. The van der Waals surface area contributed by atoms with E-state index in [1.807, 2.05) is 12.1 Å². The number of nitrogens with zero attached hydrogens (tertiary/aromatic N) is 3. The largest absolute Gasteiger partial charge is 0.454 e. The minimum atomic E-state index is -3.87. The van der Waals surface area contributed by atoms with Crippen LogP contribution in [0.5, 0.6) is 11.5 Å². The average Bonchev–Trinajstić information content (AvgIpc) is 3.30. The van der Waals surface area contributed by atoms with Gasteiger partial charge >= 0.3 is 0 Å². The van der Waals surface area contributed by atoms with Crippen LogP contribution in [0.25, 0.3) is 0 Å². The maximum atomic E-state index is 13.5. The van der Waals surface area contributed by atoms with Gasteiger partial charge < -0.3 is 21.1 Å². The third-order valence-corrected chi connectivity index (χ3v) is 9.21. The van der Waals surface area contributed by atoms with Crippen LogP contribution in [0.4, 0.5) is 5.69 Å². The van der Waals surface area contributed by atoms with Gasteiger partial charge in [-0.3, -0.25) is 9.69 Å². The van der Waals surface area contributed by atoms with Crippen LogP contribution in [-0.2, 0) is 22.1 Å². The monoisotopic (exact) mass is 559 g/mol. The van der Waals surface area contributed by atoms with Crippen LogP contribution < -0.4 is 21.1 Å². The second-order valence-corrected chi connectivity index (χ2v) is 12.5. The molecule has 0 unspecified atom stereocenters. The molecule has 2 aromatic carbocycles. The number of thiophene rings is 1. The number of aryl methyl sites for hydroxylation is 1. The number of hydrogen-bond donors (Lipinski definition) is 2. The number of anilines is 1. The van der Waals surface area contributed by atoms with Gasteiger partial charge in [0.1, 0.15) is 16.4 Å². The SMILES string of the molecule is Cc1cc(C(=O)N=C(N)N)cc2c1Oc1c(Cl)cc(N3CCN(Cc4cccs4)CC3)cc1CS2(=O)=O. The summed E-state index contributed by atoms with van der Waals surface area (Å²) in [6.07, 6.45) is 0. The first-order chi connectivity index (χ1) is 17.6. The van der Waals surface area contributed by atoms with Gasteiger partial charge in [0, 0.05) is 54.4 Å². The number of hydrogen-bond acceptors (Lipinski definition) is 7. The molecule has 1 saturated heterocycles. The molecular weight excluding hydrogens is 534 g/mol. The number of guanidine groups is 1. The predicted octanol–water partition coefficient (Wildman–Crippen LogP) is 3.53. The zero-order valence-electron chi connectivity index (χ0n) is 20.1. The number of halogens is 1. The van der Waals surface area contributed by atoms with Crippen molar-refractivity contribution >= 4 is 50.3 Å². The fourth-order valence-corrected chi connectivity index (χ4v) is 7.21. The summed E-state index contributed by atoms with van der Waals surface area (Å²) in [5.41, 5.74) is 12.5. The van der Waals surface area contributed by atoms with Crippen LogP contribution in [0.1, 0.15) is 26.4 Å². The number of carbonyl (C=O) groups is 1. The Bertz CT molecular complexity index is 1490. The Morgan fingerprint density at radius 1 is 1.14 bits per heavy atom. The minimum absolute atomic E-state index is 0.0509. The molecule has 0 radical (unpaired) electrons. The van der Waals surface area contributed by atoms with Crippen LogP contribution in [0.2, 0.25) is 5.02 Å². The van der Waals surface area contributed by atoms with Crippen molar-refractivity contribution in [1.82, 2.24) is 4.90 Å². The summed E-state index contributed by atoms with van der Waals surface area (Å²) < 4.78 is 33.0. The first kappa shape index (κ1) is 25.5. The van der Waals surface area contributed by atoms with Crippen molar-refractivity contribution in [2.75, 3.05) is 31.1 Å². The molecule has 2 aliphatic heterocycles. The molecule has 3 aromatic rings. The van der Waals surface area contributed by atoms with E-state index in [-0.39, 0.29) is 22.0 Å². The Balaban J connectivity index is 1.43. The number of aliphatic imine (C=N–C) groups is 1. The average molecular weight is 560 g/mol. The van der Waals surface area contributed by atoms with Gasteiger partial charge in [0.2, 0.25) is 0 Å². The lowest BCUT2D eigenvalue weighted by Crippen LogP contribution is -2.45. The number of ether oxygens (including phenoxy) is 1. The molecule has 9 nitrogen and oxygen atoms in total. The first-order valence-electron chi connectivity index (χ1n) is 11.6. The molecule has 2 aliphatic rings. The van der Waals surface area contributed by atoms with Crippen molar-refractivity contribution in [3.8, 4) is 11.5 Å². The molecule has 4 N–H and O–H groups in total. The predicted molar refractivity (Wildman–Crippen MR) is 146 cm³/mol. The van der Waals surface area contributed by atoms with Gasteiger partial charge in [0.05, 0.1) is 10.8 Å². The molecule has 12 heteroatoms. The number of fused-ring (bicyclic) bond motifs is 2. The zero-order chi connectivity index (χ0) is 26.3. The van der Waals surface area contributed by atoms with Crippen LogP contribution in [0.3, 0.4) is 0 Å². The molecule has 194 valence electrons. The number of piperazine rings is 1. The topological polar surface area (TPSA) is 131 Å². The van der Waals surface area contributed by atoms with Crippen molar-refractivity contribution in [2.24, 2.45) is 16.5 Å². The highest BCUT2D eigenvalue weighted by Crippen LogP contribution is 2.45. The van der Waals surface area contributed by atoms with Crippen molar-refractivity contribution in [1.29, 1.82) is 0 Å². The van der Waals surface area contributed by atoms with Crippen LogP contribution in [0, 0.1) is 6.92 Å². The maximum absolute atomic E-state index is 13.5. The van der Waals surface area contributed by atoms with E-state index in [2.05, 4.69) is 32.3 Å². The van der Waals surface area contributed by atoms with E-state index in [0.29, 0.717) is 21.9 Å². The van der Waals surface area contributed by atoms with E-state index >= 15 is 0 Å². The van der Waals surface area contributed by atoms with E-state index in [4.69, 9.17) is 27.8 Å². The van der Waals surface area contributed by atoms with Crippen LogP contribution in [0.15, 0.2) is 51.7 Å². The summed E-state index contributed by atoms with van der Waals surface area (Å²) in [7, 11) is -3.87. The van der Waals surface area contributed by atoms with Gasteiger partial charge in [0.25, 0.3) is 5.91 Å². The fourth-order valence-electron chi connectivity index (χ4n) is 4.62. The molecule has 1 aromatic heterocycles. The van der Waals surface area contributed by atoms with Gasteiger partial charge in [-0.15, -0.1) is 11.3 Å². The number of sulfone groups is 1. The molecule has 5 rings (SSSR count). The molecule has 0 bridgehead atoms. The molecule has 1 amide bonds. The summed E-state index contributed by atoms with van der Waals surface area (Å²) in [6, 6.07) is 10.6. The number of benzene rings is 2. The summed E-state index contributed by atoms with van der Waals surface area (Å²) >= 11 is 8.41. The van der Waals surface area contributed by atoms with Crippen molar-refractivity contribution in [3.63, 3.8) is 0 Å². The molecule has 0 atom stereocenters. The Morgan fingerprint density at radius 2 is 1.89 bits per heavy atom. The van der Waals surface area contributed by atoms with Crippen LogP contribution in [-0.4, -0.2) is 51.4 Å². The second-order valence-electron chi connectivity index (χ2n) is 9.08. The summed E-state index contributed by atoms with van der Waals surface area (Å²) in [4.78, 5) is 21.7. The standard InChI is InChI=1S/C25H26ClN5O4S2/c1-15-9-16(24(32)29-25(27)28)11-21-22(15)35-23-17(14-37(21,33)34)10-18(12-20(23)26)31-6-4-30(5-7-31)13-19-3-2-8-36-19/h2-3,8-12H,4-7,13-14H2,1H3,(H4,27,28,29,32).